The Balaban J connectivity index is 2.32. The first-order valence-corrected chi connectivity index (χ1v) is 7.63. The zero-order valence-electron chi connectivity index (χ0n) is 13.4. The van der Waals surface area contributed by atoms with E-state index >= 15 is 0 Å². The van der Waals surface area contributed by atoms with Crippen LogP contribution in [0.2, 0.25) is 0 Å². The molecule has 1 amide bonds. The molecule has 3 N–H and O–H groups in total. The van der Waals surface area contributed by atoms with Crippen LogP contribution in [0.15, 0.2) is 0 Å². The van der Waals surface area contributed by atoms with E-state index in [0.29, 0.717) is 11.8 Å². The molecule has 112 valence electrons. The first kappa shape index (κ1) is 16.5. The molecule has 0 radical (unpaired) electrons. The van der Waals surface area contributed by atoms with Crippen LogP contribution < -0.4 is 11.1 Å². The van der Waals surface area contributed by atoms with Crippen LogP contribution in [0.1, 0.15) is 66.7 Å². The molecular formula is C16H32N2O. The summed E-state index contributed by atoms with van der Waals surface area (Å²) in [5, 5.41) is 3.51. The number of hydrogen-bond donors (Lipinski definition) is 2. The Kier molecular flexibility index (Phi) is 5.43. The molecule has 0 aromatic rings. The van der Waals surface area contributed by atoms with E-state index < -0.39 is 0 Å². The number of amides is 1. The van der Waals surface area contributed by atoms with Gasteiger partial charge in [-0.3, -0.25) is 4.79 Å². The van der Waals surface area contributed by atoms with Crippen LogP contribution in [0.25, 0.3) is 0 Å². The summed E-state index contributed by atoms with van der Waals surface area (Å²) in [7, 11) is 0. The molecule has 0 saturated heterocycles. The largest absolute Gasteiger partial charge is 0.370 e. The van der Waals surface area contributed by atoms with Gasteiger partial charge in [0.1, 0.15) is 0 Å². The number of rotatable bonds is 5. The van der Waals surface area contributed by atoms with Crippen LogP contribution in [0.5, 0.6) is 0 Å². The summed E-state index contributed by atoms with van der Waals surface area (Å²) < 4.78 is 0. The van der Waals surface area contributed by atoms with E-state index in [1.165, 1.54) is 25.7 Å². The lowest BCUT2D eigenvalue weighted by Crippen LogP contribution is -2.45. The Bertz CT molecular complexity index is 296. The molecule has 0 aromatic carbocycles. The number of nitrogens with two attached hydrogens (primary N) is 1. The van der Waals surface area contributed by atoms with E-state index in [-0.39, 0.29) is 11.4 Å². The first-order chi connectivity index (χ1) is 8.60. The SMILES string of the molecule is CC(C)(CC(N)=O)NCC1CCC(C(C)(C)C)CC1. The first-order valence-electron chi connectivity index (χ1n) is 7.63. The van der Waals surface area contributed by atoms with Crippen LogP contribution in [-0.2, 0) is 4.79 Å². The van der Waals surface area contributed by atoms with Gasteiger partial charge in [-0.25, -0.2) is 0 Å². The summed E-state index contributed by atoms with van der Waals surface area (Å²) in [4.78, 5) is 11.0. The summed E-state index contributed by atoms with van der Waals surface area (Å²) in [5.74, 6) is 1.39. The highest BCUT2D eigenvalue weighted by molar-refractivity contribution is 5.74. The van der Waals surface area contributed by atoms with Crippen molar-refractivity contribution in [2.24, 2.45) is 23.0 Å². The van der Waals surface area contributed by atoms with Gasteiger partial charge in [-0.15, -0.1) is 0 Å². The lowest BCUT2D eigenvalue weighted by atomic mass is 9.70. The molecule has 0 bridgehead atoms. The third-order valence-corrected chi connectivity index (χ3v) is 4.56. The van der Waals surface area contributed by atoms with Gasteiger partial charge in [0.15, 0.2) is 0 Å². The fraction of sp³-hybridized carbons (Fsp3) is 0.938. The molecule has 3 nitrogen and oxygen atoms in total. The smallest absolute Gasteiger partial charge is 0.219 e. The third-order valence-electron chi connectivity index (χ3n) is 4.56. The van der Waals surface area contributed by atoms with Gasteiger partial charge in [-0.05, 0) is 63.3 Å². The van der Waals surface area contributed by atoms with Crippen molar-refractivity contribution in [3.8, 4) is 0 Å². The number of carbonyl (C=O) groups is 1. The molecule has 19 heavy (non-hydrogen) atoms. The third kappa shape index (κ3) is 5.94. The second-order valence-electron chi connectivity index (χ2n) is 7.99. The summed E-state index contributed by atoms with van der Waals surface area (Å²) in [6.07, 6.45) is 5.70. The monoisotopic (exact) mass is 268 g/mol. The number of carbonyl (C=O) groups excluding carboxylic acids is 1. The zero-order valence-corrected chi connectivity index (χ0v) is 13.4. The van der Waals surface area contributed by atoms with Gasteiger partial charge in [0.2, 0.25) is 5.91 Å². The highest BCUT2D eigenvalue weighted by atomic mass is 16.1. The minimum Gasteiger partial charge on any atom is -0.370 e. The molecule has 0 aliphatic heterocycles. The lowest BCUT2D eigenvalue weighted by molar-refractivity contribution is -0.119. The molecule has 0 heterocycles. The quantitative estimate of drug-likeness (QED) is 0.805. The van der Waals surface area contributed by atoms with Crippen LogP contribution >= 0.6 is 0 Å². The van der Waals surface area contributed by atoms with E-state index in [1.807, 2.05) is 0 Å². The Hall–Kier alpha value is -0.570. The van der Waals surface area contributed by atoms with Gasteiger partial charge >= 0.3 is 0 Å². The Morgan fingerprint density at radius 3 is 2.05 bits per heavy atom. The van der Waals surface area contributed by atoms with Crippen molar-refractivity contribution in [1.82, 2.24) is 5.32 Å². The second-order valence-corrected chi connectivity index (χ2v) is 7.99. The summed E-state index contributed by atoms with van der Waals surface area (Å²) >= 11 is 0. The van der Waals surface area contributed by atoms with Crippen LogP contribution in [-0.4, -0.2) is 18.0 Å². The predicted octanol–water partition coefficient (Wildman–Crippen LogP) is 3.08. The van der Waals surface area contributed by atoms with Crippen molar-refractivity contribution in [2.75, 3.05) is 6.54 Å². The molecule has 0 atom stereocenters. The molecule has 1 rings (SSSR count). The predicted molar refractivity (Wildman–Crippen MR) is 80.8 cm³/mol. The van der Waals surface area contributed by atoms with Crippen LogP contribution in [0, 0.1) is 17.3 Å². The van der Waals surface area contributed by atoms with Crippen molar-refractivity contribution in [3.63, 3.8) is 0 Å². The summed E-state index contributed by atoms with van der Waals surface area (Å²) in [5.41, 5.74) is 5.55. The van der Waals surface area contributed by atoms with Crippen molar-refractivity contribution in [1.29, 1.82) is 0 Å². The lowest BCUT2D eigenvalue weighted by Gasteiger charge is -2.38. The number of primary amides is 1. The molecule has 1 aliphatic carbocycles. The van der Waals surface area contributed by atoms with E-state index in [1.54, 1.807) is 0 Å². The van der Waals surface area contributed by atoms with Crippen molar-refractivity contribution < 1.29 is 4.79 Å². The van der Waals surface area contributed by atoms with E-state index in [0.717, 1.165) is 18.4 Å². The maximum Gasteiger partial charge on any atom is 0.219 e. The minimum absolute atomic E-state index is 0.174. The highest BCUT2D eigenvalue weighted by Gasteiger charge is 2.30. The Labute approximate surface area is 118 Å². The van der Waals surface area contributed by atoms with E-state index in [2.05, 4.69) is 39.9 Å². The van der Waals surface area contributed by atoms with Crippen molar-refractivity contribution in [2.45, 2.75) is 72.3 Å². The van der Waals surface area contributed by atoms with Gasteiger partial charge in [-0.2, -0.15) is 0 Å². The average Bonchev–Trinajstić information content (AvgIpc) is 2.24. The topological polar surface area (TPSA) is 55.1 Å². The fourth-order valence-corrected chi connectivity index (χ4v) is 3.15. The molecule has 1 saturated carbocycles. The van der Waals surface area contributed by atoms with Crippen LogP contribution in [0.4, 0.5) is 0 Å². The van der Waals surface area contributed by atoms with Gasteiger partial charge < -0.3 is 11.1 Å². The van der Waals surface area contributed by atoms with Gasteiger partial charge in [-0.1, -0.05) is 20.8 Å². The standard InChI is InChI=1S/C16H32N2O/c1-15(2,3)13-8-6-12(7-9-13)11-18-16(4,5)10-14(17)19/h12-13,18H,6-11H2,1-5H3,(H2,17,19). The molecule has 0 aromatic heterocycles. The van der Waals surface area contributed by atoms with Gasteiger partial charge in [0.25, 0.3) is 0 Å². The summed E-state index contributed by atoms with van der Waals surface area (Å²) in [6, 6.07) is 0. The molecule has 0 spiro atoms. The highest BCUT2D eigenvalue weighted by Crippen LogP contribution is 2.39. The normalized spacial score (nSPS) is 25.3. The molecule has 1 fully saturated rings. The van der Waals surface area contributed by atoms with Gasteiger partial charge in [0.05, 0.1) is 0 Å². The van der Waals surface area contributed by atoms with Crippen molar-refractivity contribution in [3.05, 3.63) is 0 Å². The zero-order chi connectivity index (χ0) is 14.7. The number of nitrogens with one attached hydrogen (secondary N) is 1. The van der Waals surface area contributed by atoms with E-state index in [9.17, 15) is 4.79 Å². The average molecular weight is 268 g/mol. The molecular weight excluding hydrogens is 236 g/mol. The summed E-state index contributed by atoms with van der Waals surface area (Å²) in [6.45, 7) is 12.2. The maximum absolute atomic E-state index is 11.0. The van der Waals surface area contributed by atoms with Crippen LogP contribution in [0.3, 0.4) is 0 Å². The van der Waals surface area contributed by atoms with Gasteiger partial charge in [0, 0.05) is 12.0 Å². The maximum atomic E-state index is 11.0. The minimum atomic E-state index is -0.228. The molecule has 1 aliphatic rings. The molecule has 0 unspecified atom stereocenters. The fourth-order valence-electron chi connectivity index (χ4n) is 3.15. The Morgan fingerprint density at radius 2 is 1.63 bits per heavy atom. The van der Waals surface area contributed by atoms with E-state index in [4.69, 9.17) is 5.73 Å². The Morgan fingerprint density at radius 1 is 1.11 bits per heavy atom. The molecule has 3 heteroatoms. The van der Waals surface area contributed by atoms with Crippen molar-refractivity contribution >= 4 is 5.91 Å². The number of hydrogen-bond acceptors (Lipinski definition) is 2. The second kappa shape index (κ2) is 6.25.